The van der Waals surface area contributed by atoms with Crippen molar-refractivity contribution in [2.24, 2.45) is 28.3 Å². The van der Waals surface area contributed by atoms with Crippen LogP contribution < -0.4 is 9.84 Å². The predicted octanol–water partition coefficient (Wildman–Crippen LogP) is 5.33. The second-order valence-electron chi connectivity index (χ2n) is 11.2. The number of phosphoric ester groups is 1. The number of hydrogen-bond acceptors (Lipinski definition) is 9. The van der Waals surface area contributed by atoms with Crippen molar-refractivity contribution >= 4 is 41.6 Å². The maximum absolute atomic E-state index is 12.8. The van der Waals surface area contributed by atoms with Gasteiger partial charge in [-0.3, -0.25) is 24.7 Å². The number of amides is 1. The van der Waals surface area contributed by atoms with Crippen LogP contribution in [0.3, 0.4) is 0 Å². The topological polar surface area (TPSA) is 173 Å². The van der Waals surface area contributed by atoms with Crippen molar-refractivity contribution in [2.75, 3.05) is 12.4 Å². The zero-order chi connectivity index (χ0) is 28.8. The van der Waals surface area contributed by atoms with Gasteiger partial charge in [-0.05, 0) is 80.8 Å². The van der Waals surface area contributed by atoms with Gasteiger partial charge in [-0.1, -0.05) is 18.1 Å². The van der Waals surface area contributed by atoms with Gasteiger partial charge >= 0.3 is 13.5 Å². The summed E-state index contributed by atoms with van der Waals surface area (Å²) in [6.07, 6.45) is 6.15. The second kappa shape index (κ2) is 10.8. The Bertz CT molecular complexity index is 1410. The van der Waals surface area contributed by atoms with Gasteiger partial charge in [0.25, 0.3) is 0 Å². The third-order valence-corrected chi connectivity index (χ3v) is 10.2. The highest BCUT2D eigenvalue weighted by molar-refractivity contribution is 7.46. The maximum atomic E-state index is 12.8. The molecule has 1 heterocycles. The Morgan fingerprint density at radius 1 is 1.38 bits per heavy atom. The lowest BCUT2D eigenvalue weighted by Gasteiger charge is -2.50. The summed E-state index contributed by atoms with van der Waals surface area (Å²) in [6, 6.07) is 3.03. The Morgan fingerprint density at radius 3 is 2.80 bits per heavy atom. The van der Waals surface area contributed by atoms with Gasteiger partial charge in [0.2, 0.25) is 11.7 Å². The van der Waals surface area contributed by atoms with E-state index in [4.69, 9.17) is 9.36 Å². The first-order valence-corrected chi connectivity index (χ1v) is 15.6. The number of aromatic nitrogens is 1. The number of nitrogens with zero attached hydrogens (tertiary/aromatic N) is 3. The number of fused-ring (bicyclic) bond motifs is 5. The fraction of sp³-hybridized carbons (Fsp3) is 0.577. The van der Waals surface area contributed by atoms with Crippen molar-refractivity contribution in [3.63, 3.8) is 0 Å². The van der Waals surface area contributed by atoms with E-state index in [-0.39, 0.29) is 40.7 Å². The molecule has 2 aromatic rings. The molecule has 3 aliphatic carbocycles. The van der Waals surface area contributed by atoms with Crippen LogP contribution in [-0.4, -0.2) is 38.4 Å². The second-order valence-corrected chi connectivity index (χ2v) is 13.6. The molecule has 12 nitrogen and oxygen atoms in total. The van der Waals surface area contributed by atoms with Crippen LogP contribution in [0.25, 0.3) is 0 Å². The minimum atomic E-state index is -4.97. The number of thiazole rings is 1. The van der Waals surface area contributed by atoms with Crippen LogP contribution in [0.1, 0.15) is 67.4 Å². The van der Waals surface area contributed by atoms with Crippen molar-refractivity contribution in [3.8, 4) is 5.75 Å². The molecule has 1 amide bonds. The van der Waals surface area contributed by atoms with E-state index in [0.29, 0.717) is 36.4 Å². The molecule has 2 fully saturated rings. The van der Waals surface area contributed by atoms with E-state index >= 15 is 0 Å². The van der Waals surface area contributed by atoms with Crippen LogP contribution in [0.15, 0.2) is 23.5 Å². The van der Waals surface area contributed by atoms with Gasteiger partial charge in [0, 0.05) is 28.5 Å². The number of hydrogen-bond donors (Lipinski definition) is 3. The number of oxime groups is 1. The van der Waals surface area contributed by atoms with Crippen LogP contribution in [0.2, 0.25) is 0 Å². The highest BCUT2D eigenvalue weighted by atomic mass is 32.1. The molecule has 0 spiro atoms. The van der Waals surface area contributed by atoms with Crippen LogP contribution in [0.4, 0.5) is 10.8 Å². The number of nitro benzene ring substituents is 1. The van der Waals surface area contributed by atoms with E-state index in [0.717, 1.165) is 35.4 Å². The van der Waals surface area contributed by atoms with Gasteiger partial charge in [-0.15, -0.1) is 11.3 Å². The number of carbonyl (C=O) groups is 1. The highest BCUT2D eigenvalue weighted by Gasteiger charge is 2.58. The molecule has 0 radical (unpaired) electrons. The van der Waals surface area contributed by atoms with E-state index in [1.54, 1.807) is 19.4 Å². The quantitative estimate of drug-likeness (QED) is 0.208. The number of nitro groups is 1. The molecule has 216 valence electrons. The average molecular weight is 593 g/mol. The Morgan fingerprint density at radius 2 is 2.15 bits per heavy atom. The number of carbonyl (C=O) groups excluding carboxylic acids is 1. The Labute approximate surface area is 235 Å². The summed E-state index contributed by atoms with van der Waals surface area (Å²) in [7, 11) is -3.42. The van der Waals surface area contributed by atoms with Gasteiger partial charge in [0.1, 0.15) is 7.11 Å². The zero-order valence-electron chi connectivity index (χ0n) is 22.5. The summed E-state index contributed by atoms with van der Waals surface area (Å²) in [6.45, 7) is 4.16. The summed E-state index contributed by atoms with van der Waals surface area (Å²) < 4.78 is 16.2. The molecule has 3 aliphatic rings. The number of nitrogens with one attached hydrogen (secondary N) is 1. The van der Waals surface area contributed by atoms with Crippen LogP contribution >= 0.6 is 19.2 Å². The third-order valence-electron chi connectivity index (χ3n) is 8.93. The minimum Gasteiger partial charge on any atom is -0.399 e. The average Bonchev–Trinajstić information content (AvgIpc) is 3.41. The summed E-state index contributed by atoms with van der Waals surface area (Å²) in [4.78, 5) is 53.2. The molecular formula is C26H33N4O8PS. The van der Waals surface area contributed by atoms with Crippen molar-refractivity contribution in [2.45, 2.75) is 64.7 Å². The van der Waals surface area contributed by atoms with E-state index in [2.05, 4.69) is 22.4 Å². The smallest absolute Gasteiger partial charge is 0.399 e. The molecular weight excluding hydrogens is 559 g/mol. The SMILES string of the molecule is CON=C1C[C@@H](CCC(=O)Nc2ncc(C)s2)C2C3CCc4c(ccc(OP(=O)(O)O)c4[N+](=O)[O-])C3CC[C@]12C. The van der Waals surface area contributed by atoms with E-state index in [1.165, 1.54) is 17.4 Å². The van der Waals surface area contributed by atoms with E-state index in [9.17, 15) is 29.3 Å². The lowest BCUT2D eigenvalue weighted by molar-refractivity contribution is -0.386. The predicted molar refractivity (Wildman–Crippen MR) is 148 cm³/mol. The van der Waals surface area contributed by atoms with Crippen molar-refractivity contribution in [1.29, 1.82) is 0 Å². The van der Waals surface area contributed by atoms with E-state index < -0.39 is 18.5 Å². The Hall–Kier alpha value is -2.86. The molecule has 5 rings (SSSR count). The van der Waals surface area contributed by atoms with Crippen molar-refractivity contribution in [3.05, 3.63) is 44.4 Å². The summed E-state index contributed by atoms with van der Waals surface area (Å²) >= 11 is 1.44. The fourth-order valence-electron chi connectivity index (χ4n) is 7.54. The zero-order valence-corrected chi connectivity index (χ0v) is 24.2. The van der Waals surface area contributed by atoms with Gasteiger partial charge in [0.15, 0.2) is 5.13 Å². The van der Waals surface area contributed by atoms with E-state index in [1.807, 2.05) is 6.92 Å². The lowest BCUT2D eigenvalue weighted by Crippen LogP contribution is -2.44. The van der Waals surface area contributed by atoms with Crippen LogP contribution in [-0.2, 0) is 20.6 Å². The Balaban J connectivity index is 1.43. The standard InChI is InChI=1S/C26H33N4O8PS/c1-14-13-27-25(40-14)28-22(31)9-4-15-12-21(29-37-3)26(2)11-10-17-16-7-8-20(38-39(34,35)36)24(30(32)33)19(16)6-5-18(17)23(15)26/h7-8,13,15,17-18,23H,4-6,9-12H2,1-3H3,(H,27,28,31)(H2,34,35,36)/t15-,17?,18?,23?,26-/m1/s1. The number of benzene rings is 1. The molecule has 3 unspecified atom stereocenters. The molecule has 2 saturated carbocycles. The van der Waals surface area contributed by atoms with Crippen LogP contribution in [0, 0.1) is 40.2 Å². The lowest BCUT2D eigenvalue weighted by atomic mass is 9.53. The monoisotopic (exact) mass is 592 g/mol. The number of aryl methyl sites for hydroxylation is 1. The molecule has 1 aromatic carbocycles. The molecule has 14 heteroatoms. The first-order chi connectivity index (χ1) is 18.9. The minimum absolute atomic E-state index is 0.0427. The first-order valence-electron chi connectivity index (χ1n) is 13.3. The van der Waals surface area contributed by atoms with Gasteiger partial charge in [-0.2, -0.15) is 0 Å². The summed E-state index contributed by atoms with van der Waals surface area (Å²) in [5.41, 5.74) is 1.75. The van der Waals surface area contributed by atoms with Crippen molar-refractivity contribution < 1.29 is 33.4 Å². The van der Waals surface area contributed by atoms with Gasteiger partial charge < -0.3 is 14.7 Å². The number of phosphoric acid groups is 1. The summed E-state index contributed by atoms with van der Waals surface area (Å²) in [5.74, 6) is 0.144. The summed E-state index contributed by atoms with van der Waals surface area (Å²) in [5, 5.41) is 19.9. The molecule has 5 atom stereocenters. The number of anilines is 1. The normalized spacial score (nSPS) is 28.4. The first kappa shape index (κ1) is 28.7. The maximum Gasteiger partial charge on any atom is 0.525 e. The highest BCUT2D eigenvalue weighted by Crippen LogP contribution is 2.63. The fourth-order valence-corrected chi connectivity index (χ4v) is 8.62. The van der Waals surface area contributed by atoms with Crippen molar-refractivity contribution in [1.82, 2.24) is 4.98 Å². The van der Waals surface area contributed by atoms with Gasteiger partial charge in [0.05, 0.1) is 10.6 Å². The van der Waals surface area contributed by atoms with Gasteiger partial charge in [-0.25, -0.2) is 9.55 Å². The third kappa shape index (κ3) is 5.39. The van der Waals surface area contributed by atoms with Crippen LogP contribution in [0.5, 0.6) is 5.75 Å². The molecule has 3 N–H and O–H groups in total. The Kier molecular flexibility index (Phi) is 7.77. The molecule has 1 aromatic heterocycles. The number of rotatable bonds is 8. The molecule has 0 aliphatic heterocycles. The molecule has 40 heavy (non-hydrogen) atoms. The molecule has 0 bridgehead atoms. The largest absolute Gasteiger partial charge is 0.525 e. The molecule has 0 saturated heterocycles.